The van der Waals surface area contributed by atoms with E-state index in [0.29, 0.717) is 39.3 Å². The molecule has 148 valence electrons. The number of carboxylic acid groups (broad SMARTS) is 1. The number of benzene rings is 2. The highest BCUT2D eigenvalue weighted by Gasteiger charge is 2.20. The molecule has 0 unspecified atom stereocenters. The Hall–Kier alpha value is -3.68. The average molecular weight is 395 g/mol. The minimum Gasteiger partial charge on any atom is -0.454 e. The van der Waals surface area contributed by atoms with Crippen molar-refractivity contribution in [3.63, 3.8) is 0 Å². The van der Waals surface area contributed by atoms with E-state index in [9.17, 15) is 9.18 Å². The van der Waals surface area contributed by atoms with Gasteiger partial charge in [0, 0.05) is 24.5 Å². The molecule has 0 saturated carbocycles. The fraction of sp³-hybridized carbons (Fsp3) is 0.190. The monoisotopic (exact) mass is 395 g/mol. The van der Waals surface area contributed by atoms with Gasteiger partial charge in [-0.3, -0.25) is 0 Å². The highest BCUT2D eigenvalue weighted by Crippen LogP contribution is 2.34. The second-order valence-corrected chi connectivity index (χ2v) is 6.91. The molecular formula is C21H18FN3O4. The molecule has 0 aliphatic heterocycles. The molecule has 7 nitrogen and oxygen atoms in total. The zero-order valence-corrected chi connectivity index (χ0v) is 16.0. The van der Waals surface area contributed by atoms with Crippen molar-refractivity contribution in [3.8, 4) is 17.2 Å². The molecule has 0 bridgehead atoms. The summed E-state index contributed by atoms with van der Waals surface area (Å²) in [5, 5.41) is 9.46. The van der Waals surface area contributed by atoms with Gasteiger partial charge in [-0.1, -0.05) is 0 Å². The standard InChI is InChI=1S/C21H18FN3O4/c1-11(2)25(3)20-19(18-9-12-8-13(22)4-7-17(12)29-18)23-15-6-5-14(28-21(26)27)10-16(15)24-20/h4-11H,1-3H3,(H,26,27). The Labute approximate surface area is 165 Å². The maximum Gasteiger partial charge on any atom is 0.511 e. The third kappa shape index (κ3) is 3.56. The van der Waals surface area contributed by atoms with Gasteiger partial charge in [-0.15, -0.1) is 0 Å². The van der Waals surface area contributed by atoms with Crippen molar-refractivity contribution < 1.29 is 23.4 Å². The molecule has 0 saturated heterocycles. The molecule has 0 fully saturated rings. The SMILES string of the molecule is CC(C)N(C)c1nc2cc(OC(=O)O)ccc2nc1-c1cc2cc(F)ccc2o1. The van der Waals surface area contributed by atoms with Crippen LogP contribution in [0.2, 0.25) is 0 Å². The Bertz CT molecular complexity index is 1240. The van der Waals surface area contributed by atoms with E-state index in [-0.39, 0.29) is 17.6 Å². The quantitative estimate of drug-likeness (QED) is 0.380. The van der Waals surface area contributed by atoms with Crippen LogP contribution in [0.25, 0.3) is 33.5 Å². The first-order valence-electron chi connectivity index (χ1n) is 8.96. The van der Waals surface area contributed by atoms with Crippen LogP contribution in [-0.2, 0) is 0 Å². The van der Waals surface area contributed by atoms with E-state index in [1.165, 1.54) is 24.3 Å². The van der Waals surface area contributed by atoms with Crippen LogP contribution in [0, 0.1) is 5.82 Å². The van der Waals surface area contributed by atoms with Gasteiger partial charge in [-0.25, -0.2) is 19.2 Å². The predicted molar refractivity (Wildman–Crippen MR) is 107 cm³/mol. The number of hydrogen-bond donors (Lipinski definition) is 1. The summed E-state index contributed by atoms with van der Waals surface area (Å²) in [6, 6.07) is 10.8. The molecule has 2 aromatic heterocycles. The molecule has 4 rings (SSSR count). The van der Waals surface area contributed by atoms with Crippen LogP contribution >= 0.6 is 0 Å². The summed E-state index contributed by atoms with van der Waals surface area (Å²) < 4.78 is 24.2. The van der Waals surface area contributed by atoms with Crippen molar-refractivity contribution >= 4 is 34.0 Å². The van der Waals surface area contributed by atoms with Crippen molar-refractivity contribution in [2.24, 2.45) is 0 Å². The number of aromatic nitrogens is 2. The average Bonchev–Trinajstić information content (AvgIpc) is 3.08. The lowest BCUT2D eigenvalue weighted by Crippen LogP contribution is -2.27. The van der Waals surface area contributed by atoms with Crippen molar-refractivity contribution in [1.29, 1.82) is 0 Å². The first-order chi connectivity index (χ1) is 13.8. The van der Waals surface area contributed by atoms with Crippen molar-refractivity contribution in [2.45, 2.75) is 19.9 Å². The van der Waals surface area contributed by atoms with E-state index < -0.39 is 6.16 Å². The first kappa shape index (κ1) is 18.7. The van der Waals surface area contributed by atoms with E-state index in [0.717, 1.165) is 0 Å². The Morgan fingerprint density at radius 1 is 1.14 bits per heavy atom. The summed E-state index contributed by atoms with van der Waals surface area (Å²) in [6.45, 7) is 4.02. The fourth-order valence-corrected chi connectivity index (χ4v) is 2.98. The minimum absolute atomic E-state index is 0.112. The maximum absolute atomic E-state index is 13.6. The number of fused-ring (bicyclic) bond motifs is 2. The Morgan fingerprint density at radius 2 is 1.93 bits per heavy atom. The van der Waals surface area contributed by atoms with E-state index in [4.69, 9.17) is 19.2 Å². The third-order valence-corrected chi connectivity index (χ3v) is 4.64. The van der Waals surface area contributed by atoms with Gasteiger partial charge in [0.2, 0.25) is 0 Å². The first-order valence-corrected chi connectivity index (χ1v) is 8.96. The fourth-order valence-electron chi connectivity index (χ4n) is 2.98. The van der Waals surface area contributed by atoms with Crippen LogP contribution in [0.3, 0.4) is 0 Å². The second-order valence-electron chi connectivity index (χ2n) is 6.91. The van der Waals surface area contributed by atoms with Gasteiger partial charge in [0.25, 0.3) is 0 Å². The Balaban J connectivity index is 1.92. The van der Waals surface area contributed by atoms with Crippen LogP contribution in [-0.4, -0.2) is 34.3 Å². The van der Waals surface area contributed by atoms with Crippen LogP contribution < -0.4 is 9.64 Å². The lowest BCUT2D eigenvalue weighted by molar-refractivity contribution is 0.144. The lowest BCUT2D eigenvalue weighted by atomic mass is 10.2. The van der Waals surface area contributed by atoms with Crippen molar-refractivity contribution in [2.75, 3.05) is 11.9 Å². The van der Waals surface area contributed by atoms with Crippen LogP contribution in [0.1, 0.15) is 13.8 Å². The summed E-state index contributed by atoms with van der Waals surface area (Å²) >= 11 is 0. The van der Waals surface area contributed by atoms with E-state index in [2.05, 4.69) is 4.98 Å². The number of rotatable bonds is 4. The maximum atomic E-state index is 13.6. The summed E-state index contributed by atoms with van der Waals surface area (Å²) in [4.78, 5) is 22.1. The van der Waals surface area contributed by atoms with Gasteiger partial charge in [-0.05, 0) is 50.2 Å². The number of furan rings is 1. The molecule has 2 aromatic carbocycles. The number of nitrogens with zero attached hydrogens (tertiary/aromatic N) is 3. The van der Waals surface area contributed by atoms with Gasteiger partial charge in [0.15, 0.2) is 11.6 Å². The summed E-state index contributed by atoms with van der Waals surface area (Å²) in [5.41, 5.74) is 2.09. The molecule has 0 radical (unpaired) electrons. The summed E-state index contributed by atoms with van der Waals surface area (Å²) in [5.74, 6) is 0.831. The highest BCUT2D eigenvalue weighted by atomic mass is 19.1. The van der Waals surface area contributed by atoms with E-state index in [1.807, 2.05) is 25.8 Å². The van der Waals surface area contributed by atoms with Gasteiger partial charge >= 0.3 is 6.16 Å². The predicted octanol–water partition coefficient (Wildman–Crippen LogP) is 5.08. The summed E-state index contributed by atoms with van der Waals surface area (Å²) in [6.07, 6.45) is -1.40. The molecule has 0 amide bonds. The molecule has 0 spiro atoms. The molecule has 2 heterocycles. The van der Waals surface area contributed by atoms with Crippen LogP contribution in [0.15, 0.2) is 46.9 Å². The molecule has 4 aromatic rings. The second kappa shape index (κ2) is 7.05. The number of hydrogen-bond acceptors (Lipinski definition) is 6. The van der Waals surface area contributed by atoms with E-state index >= 15 is 0 Å². The van der Waals surface area contributed by atoms with Gasteiger partial charge in [0.1, 0.15) is 22.8 Å². The summed E-state index contributed by atoms with van der Waals surface area (Å²) in [7, 11) is 1.88. The van der Waals surface area contributed by atoms with E-state index in [1.54, 1.807) is 18.2 Å². The van der Waals surface area contributed by atoms with Crippen molar-refractivity contribution in [3.05, 3.63) is 48.3 Å². The Morgan fingerprint density at radius 3 is 2.66 bits per heavy atom. The molecule has 0 atom stereocenters. The van der Waals surface area contributed by atoms with Gasteiger partial charge in [-0.2, -0.15) is 0 Å². The largest absolute Gasteiger partial charge is 0.511 e. The molecular weight excluding hydrogens is 377 g/mol. The lowest BCUT2D eigenvalue weighted by Gasteiger charge is -2.24. The van der Waals surface area contributed by atoms with Crippen LogP contribution in [0.4, 0.5) is 15.0 Å². The van der Waals surface area contributed by atoms with Crippen molar-refractivity contribution in [1.82, 2.24) is 9.97 Å². The van der Waals surface area contributed by atoms with Crippen LogP contribution in [0.5, 0.6) is 5.75 Å². The molecule has 0 aliphatic rings. The highest BCUT2D eigenvalue weighted by molar-refractivity contribution is 5.88. The van der Waals surface area contributed by atoms with Gasteiger partial charge in [0.05, 0.1) is 11.0 Å². The van der Waals surface area contributed by atoms with Gasteiger partial charge < -0.3 is 19.2 Å². The zero-order valence-electron chi connectivity index (χ0n) is 16.0. The topological polar surface area (TPSA) is 88.7 Å². The molecule has 8 heteroatoms. The minimum atomic E-state index is -1.40. The normalized spacial score (nSPS) is 11.3. The smallest absolute Gasteiger partial charge is 0.454 e. The molecule has 29 heavy (non-hydrogen) atoms. The number of ether oxygens (including phenoxy) is 1. The number of carbonyl (C=O) groups is 1. The molecule has 1 N–H and O–H groups in total. The zero-order chi connectivity index (χ0) is 20.7. The number of anilines is 1. The number of halogens is 1. The molecule has 0 aliphatic carbocycles. The Kier molecular flexibility index (Phi) is 4.54. The third-order valence-electron chi connectivity index (χ3n) is 4.64.